The van der Waals surface area contributed by atoms with Crippen LogP contribution in [0.1, 0.15) is 38.4 Å². The number of fused-ring (bicyclic) bond motifs is 1. The van der Waals surface area contributed by atoms with Crippen LogP contribution in [0.5, 0.6) is 0 Å². The van der Waals surface area contributed by atoms with Crippen molar-refractivity contribution < 1.29 is 12.8 Å². The molecule has 5 heteroatoms. The molecule has 3 nitrogen and oxygen atoms in total. The van der Waals surface area contributed by atoms with E-state index in [1.807, 2.05) is 12.1 Å². The topological polar surface area (TPSA) is 39.1 Å². The van der Waals surface area contributed by atoms with Crippen molar-refractivity contribution in [1.82, 2.24) is 4.57 Å². The van der Waals surface area contributed by atoms with Crippen LogP contribution in [-0.4, -0.2) is 19.2 Å². The maximum atomic E-state index is 13.6. The highest BCUT2D eigenvalue weighted by Gasteiger charge is 2.31. The van der Waals surface area contributed by atoms with E-state index in [4.69, 9.17) is 0 Å². The Morgan fingerprint density at radius 3 is 2.20 bits per heavy atom. The van der Waals surface area contributed by atoms with Gasteiger partial charge in [0, 0.05) is 17.6 Å². The van der Waals surface area contributed by atoms with Gasteiger partial charge in [0.05, 0.1) is 10.6 Å². The average Bonchev–Trinajstić information content (AvgIpc) is 3.06. The van der Waals surface area contributed by atoms with Gasteiger partial charge in [-0.25, -0.2) is 12.8 Å². The molecule has 1 aliphatic carbocycles. The fourth-order valence-corrected chi connectivity index (χ4v) is 5.07. The lowest BCUT2D eigenvalue weighted by Gasteiger charge is -2.34. The quantitative estimate of drug-likeness (QED) is 0.529. The van der Waals surface area contributed by atoms with Crippen LogP contribution in [0, 0.1) is 17.2 Å². The van der Waals surface area contributed by atoms with E-state index in [0.29, 0.717) is 10.8 Å². The lowest BCUT2D eigenvalue weighted by Crippen LogP contribution is -2.27. The summed E-state index contributed by atoms with van der Waals surface area (Å²) in [6.45, 7) is 6.89. The Morgan fingerprint density at radius 1 is 1.00 bits per heavy atom. The molecule has 0 saturated heterocycles. The highest BCUT2D eigenvalue weighted by molar-refractivity contribution is 7.90. The molecular weight excluding hydrogens is 397 g/mol. The molecule has 158 valence electrons. The van der Waals surface area contributed by atoms with Crippen LogP contribution in [-0.2, 0) is 22.7 Å². The Kier molecular flexibility index (Phi) is 5.13. The molecule has 1 aliphatic rings. The molecule has 1 heterocycles. The van der Waals surface area contributed by atoms with Gasteiger partial charge in [-0.05, 0) is 84.2 Å². The third-order valence-corrected chi connectivity index (χ3v) is 7.40. The van der Waals surface area contributed by atoms with Crippen LogP contribution in [0.25, 0.3) is 16.9 Å². The van der Waals surface area contributed by atoms with Crippen molar-refractivity contribution in [2.75, 3.05) is 6.26 Å². The third-order valence-electron chi connectivity index (χ3n) is 6.28. The molecule has 30 heavy (non-hydrogen) atoms. The van der Waals surface area contributed by atoms with E-state index in [0.717, 1.165) is 36.2 Å². The Bertz CT molecular complexity index is 1170. The zero-order valence-corrected chi connectivity index (χ0v) is 18.8. The van der Waals surface area contributed by atoms with Gasteiger partial charge in [-0.2, -0.15) is 0 Å². The Morgan fingerprint density at radius 2 is 1.63 bits per heavy atom. The van der Waals surface area contributed by atoms with E-state index < -0.39 is 9.84 Å². The van der Waals surface area contributed by atoms with Gasteiger partial charge in [0.2, 0.25) is 0 Å². The minimum Gasteiger partial charge on any atom is -0.313 e. The van der Waals surface area contributed by atoms with Gasteiger partial charge in [-0.3, -0.25) is 0 Å². The van der Waals surface area contributed by atoms with Crippen LogP contribution >= 0.6 is 0 Å². The summed E-state index contributed by atoms with van der Waals surface area (Å²) < 4.78 is 39.5. The zero-order valence-electron chi connectivity index (χ0n) is 17.9. The fourth-order valence-electron chi connectivity index (χ4n) is 4.44. The van der Waals surface area contributed by atoms with Crippen molar-refractivity contribution in [1.29, 1.82) is 0 Å². The third kappa shape index (κ3) is 3.95. The highest BCUT2D eigenvalue weighted by atomic mass is 32.2. The summed E-state index contributed by atoms with van der Waals surface area (Å²) >= 11 is 0. The van der Waals surface area contributed by atoms with Crippen LogP contribution < -0.4 is 0 Å². The number of sulfone groups is 1. The molecule has 0 saturated carbocycles. The first-order chi connectivity index (χ1) is 14.0. The largest absolute Gasteiger partial charge is 0.313 e. The maximum Gasteiger partial charge on any atom is 0.175 e. The molecule has 0 amide bonds. The molecule has 1 aromatic heterocycles. The Labute approximate surface area is 178 Å². The molecule has 0 radical (unpaired) electrons. The predicted octanol–water partition coefficient (Wildman–Crippen LogP) is 5.84. The van der Waals surface area contributed by atoms with Crippen LogP contribution in [0.3, 0.4) is 0 Å². The SMILES string of the molecule is CC(C)(C)C1CCc2c(cc(-c3ccc(S(C)(=O)=O)cc3)n2-c2ccc(F)cc2)C1. The molecule has 1 unspecified atom stereocenters. The fraction of sp³-hybridized carbons (Fsp3) is 0.360. The molecule has 0 aliphatic heterocycles. The lowest BCUT2D eigenvalue weighted by atomic mass is 9.72. The van der Waals surface area contributed by atoms with Gasteiger partial charge in [0.1, 0.15) is 5.82 Å². The lowest BCUT2D eigenvalue weighted by molar-refractivity contribution is 0.215. The number of hydrogen-bond donors (Lipinski definition) is 0. The second kappa shape index (κ2) is 7.38. The van der Waals surface area contributed by atoms with Crippen LogP contribution in [0.4, 0.5) is 4.39 Å². The van der Waals surface area contributed by atoms with Gasteiger partial charge < -0.3 is 4.57 Å². The predicted molar refractivity (Wildman–Crippen MR) is 119 cm³/mol. The van der Waals surface area contributed by atoms with Crippen molar-refractivity contribution in [2.45, 2.75) is 44.9 Å². The summed E-state index contributed by atoms with van der Waals surface area (Å²) in [7, 11) is -3.24. The smallest absolute Gasteiger partial charge is 0.175 e. The van der Waals surface area contributed by atoms with Crippen molar-refractivity contribution in [2.24, 2.45) is 11.3 Å². The highest BCUT2D eigenvalue weighted by Crippen LogP contribution is 2.41. The molecule has 3 aromatic rings. The van der Waals surface area contributed by atoms with E-state index in [1.165, 1.54) is 29.6 Å². The first-order valence-corrected chi connectivity index (χ1v) is 12.2. The summed E-state index contributed by atoms with van der Waals surface area (Å²) in [6.07, 6.45) is 4.32. The number of rotatable bonds is 3. The average molecular weight is 426 g/mol. The number of halogens is 1. The maximum absolute atomic E-state index is 13.6. The first-order valence-electron chi connectivity index (χ1n) is 10.3. The van der Waals surface area contributed by atoms with Crippen molar-refractivity contribution in [3.05, 3.63) is 71.7 Å². The molecule has 2 aromatic carbocycles. The van der Waals surface area contributed by atoms with Crippen molar-refractivity contribution in [3.8, 4) is 16.9 Å². The monoisotopic (exact) mass is 425 g/mol. The minimum atomic E-state index is -3.24. The molecular formula is C25H28FNO2S. The zero-order chi connectivity index (χ0) is 21.7. The van der Waals surface area contributed by atoms with E-state index in [2.05, 4.69) is 31.4 Å². The van der Waals surface area contributed by atoms with Gasteiger partial charge in [0.25, 0.3) is 0 Å². The van der Waals surface area contributed by atoms with Gasteiger partial charge >= 0.3 is 0 Å². The molecule has 0 N–H and O–H groups in total. The van der Waals surface area contributed by atoms with Gasteiger partial charge in [-0.1, -0.05) is 32.9 Å². The molecule has 0 bridgehead atoms. The first kappa shape index (κ1) is 20.9. The molecule has 1 atom stereocenters. The minimum absolute atomic E-state index is 0.243. The second-order valence-corrected chi connectivity index (χ2v) is 11.4. The van der Waals surface area contributed by atoms with Crippen molar-refractivity contribution >= 4 is 9.84 Å². The van der Waals surface area contributed by atoms with E-state index in [-0.39, 0.29) is 11.2 Å². The van der Waals surface area contributed by atoms with E-state index in [1.54, 1.807) is 24.3 Å². The second-order valence-electron chi connectivity index (χ2n) is 9.42. The summed E-state index contributed by atoms with van der Waals surface area (Å²) in [6, 6.07) is 15.8. The Hall–Kier alpha value is -2.40. The van der Waals surface area contributed by atoms with E-state index in [9.17, 15) is 12.8 Å². The number of aromatic nitrogens is 1. The molecule has 0 spiro atoms. The van der Waals surface area contributed by atoms with E-state index >= 15 is 0 Å². The summed E-state index contributed by atoms with van der Waals surface area (Å²) in [4.78, 5) is 0.309. The Balaban J connectivity index is 1.85. The van der Waals surface area contributed by atoms with Crippen molar-refractivity contribution in [3.63, 3.8) is 0 Å². The standard InChI is InChI=1S/C25H28FNO2S/c1-25(2,3)19-7-14-23-18(15-19)16-24(27(23)21-10-8-20(26)9-11-21)17-5-12-22(13-6-17)30(4,28)29/h5-6,8-13,16,19H,7,14-15H2,1-4H3. The summed E-state index contributed by atoms with van der Waals surface area (Å²) in [5.74, 6) is 0.348. The van der Waals surface area contributed by atoms with Crippen LogP contribution in [0.2, 0.25) is 0 Å². The summed E-state index contributed by atoms with van der Waals surface area (Å²) in [5.41, 5.74) is 5.73. The normalized spacial score (nSPS) is 17.0. The molecule has 4 rings (SSSR count). The number of benzene rings is 2. The summed E-state index contributed by atoms with van der Waals surface area (Å²) in [5, 5.41) is 0. The van der Waals surface area contributed by atoms with Gasteiger partial charge in [-0.15, -0.1) is 0 Å². The van der Waals surface area contributed by atoms with Crippen LogP contribution in [0.15, 0.2) is 59.5 Å². The van der Waals surface area contributed by atoms with Gasteiger partial charge in [0.15, 0.2) is 9.84 Å². The molecule has 0 fully saturated rings. The number of nitrogens with zero attached hydrogens (tertiary/aromatic N) is 1. The number of hydrogen-bond acceptors (Lipinski definition) is 2.